The average Bonchev–Trinajstić information content (AvgIpc) is 3.50. The monoisotopic (exact) mass is 458 g/mol. The van der Waals surface area contributed by atoms with Gasteiger partial charge in [0.05, 0.1) is 43.3 Å². The molecule has 0 saturated carbocycles. The number of H-pyrrole nitrogens is 2. The molecule has 0 spiro atoms. The standard InChI is InChI=1S/C24H19FN6O3/c1-32-14-7-8-18(33-2)15(9-14)22-20-19(16(10-26)23(27)34-24(20)31-30-22)17-11-28-29-21(17)12-3-5-13(25)6-4-12/h3-9,11,19H,27H2,1-2H3,(H,28,29)(H,30,31). The molecule has 1 atom stereocenters. The predicted molar refractivity (Wildman–Crippen MR) is 120 cm³/mol. The average molecular weight is 458 g/mol. The molecule has 4 aromatic rings. The number of aromatic amines is 2. The molecule has 0 radical (unpaired) electrons. The summed E-state index contributed by atoms with van der Waals surface area (Å²) >= 11 is 0. The van der Waals surface area contributed by atoms with Crippen LogP contribution in [0.3, 0.4) is 0 Å². The number of halogens is 1. The van der Waals surface area contributed by atoms with Gasteiger partial charge in [-0.2, -0.15) is 10.4 Å². The highest BCUT2D eigenvalue weighted by molar-refractivity contribution is 5.78. The van der Waals surface area contributed by atoms with Crippen LogP contribution in [0.4, 0.5) is 4.39 Å². The van der Waals surface area contributed by atoms with Crippen LogP contribution in [0.5, 0.6) is 17.4 Å². The van der Waals surface area contributed by atoms with Crippen LogP contribution in [0.25, 0.3) is 22.5 Å². The number of rotatable bonds is 5. The van der Waals surface area contributed by atoms with E-state index in [1.165, 1.54) is 12.1 Å². The van der Waals surface area contributed by atoms with Gasteiger partial charge in [-0.3, -0.25) is 10.2 Å². The SMILES string of the molecule is COc1ccc(OC)c(-c2[nH]nc3c2C(c2cn[nH]c2-c2ccc(F)cc2)C(C#N)=C(N)O3)c1. The van der Waals surface area contributed by atoms with Gasteiger partial charge in [0.15, 0.2) is 0 Å². The Morgan fingerprint density at radius 2 is 1.88 bits per heavy atom. The normalized spacial score (nSPS) is 14.8. The van der Waals surface area contributed by atoms with E-state index in [1.807, 2.05) is 0 Å². The number of allylic oxidation sites excluding steroid dienone is 1. The second-order valence-corrected chi connectivity index (χ2v) is 7.52. The number of nitriles is 1. The summed E-state index contributed by atoms with van der Waals surface area (Å²) in [6, 6.07) is 13.5. The Labute approximate surface area is 193 Å². The molecular weight excluding hydrogens is 439 g/mol. The number of ether oxygens (including phenoxy) is 3. The molecule has 0 amide bonds. The second kappa shape index (κ2) is 8.29. The van der Waals surface area contributed by atoms with Crippen LogP contribution >= 0.6 is 0 Å². The molecule has 1 unspecified atom stereocenters. The minimum absolute atomic E-state index is 0.0538. The Balaban J connectivity index is 1.75. The van der Waals surface area contributed by atoms with Crippen LogP contribution in [0, 0.1) is 17.1 Å². The molecule has 2 aromatic carbocycles. The summed E-state index contributed by atoms with van der Waals surface area (Å²) in [5.74, 6) is 0.324. The molecule has 34 heavy (non-hydrogen) atoms. The quantitative estimate of drug-likeness (QED) is 0.413. The van der Waals surface area contributed by atoms with Gasteiger partial charge in [0, 0.05) is 16.7 Å². The van der Waals surface area contributed by atoms with E-state index in [0.29, 0.717) is 45.1 Å². The van der Waals surface area contributed by atoms with Crippen molar-refractivity contribution in [2.45, 2.75) is 5.92 Å². The van der Waals surface area contributed by atoms with Crippen LogP contribution in [-0.4, -0.2) is 34.6 Å². The van der Waals surface area contributed by atoms with E-state index >= 15 is 0 Å². The molecule has 3 heterocycles. The van der Waals surface area contributed by atoms with Gasteiger partial charge in [-0.25, -0.2) is 4.39 Å². The number of aromatic nitrogens is 4. The van der Waals surface area contributed by atoms with Crippen LogP contribution in [-0.2, 0) is 0 Å². The first-order valence-electron chi connectivity index (χ1n) is 10.2. The van der Waals surface area contributed by atoms with Crippen molar-refractivity contribution in [1.29, 1.82) is 5.26 Å². The fourth-order valence-electron chi connectivity index (χ4n) is 4.13. The zero-order chi connectivity index (χ0) is 23.8. The van der Waals surface area contributed by atoms with E-state index < -0.39 is 5.92 Å². The third-order valence-electron chi connectivity index (χ3n) is 5.73. The Kier molecular flexibility index (Phi) is 5.14. The van der Waals surface area contributed by atoms with Crippen LogP contribution in [0.2, 0.25) is 0 Å². The van der Waals surface area contributed by atoms with Crippen molar-refractivity contribution < 1.29 is 18.6 Å². The lowest BCUT2D eigenvalue weighted by Crippen LogP contribution is -2.21. The Morgan fingerprint density at radius 3 is 2.59 bits per heavy atom. The zero-order valence-corrected chi connectivity index (χ0v) is 18.2. The van der Waals surface area contributed by atoms with Gasteiger partial charge < -0.3 is 19.9 Å². The Bertz CT molecular complexity index is 1450. The topological polar surface area (TPSA) is 135 Å². The summed E-state index contributed by atoms with van der Waals surface area (Å²) in [6.45, 7) is 0. The van der Waals surface area contributed by atoms with Gasteiger partial charge in [-0.1, -0.05) is 0 Å². The molecule has 9 nitrogen and oxygen atoms in total. The van der Waals surface area contributed by atoms with Gasteiger partial charge in [0.1, 0.15) is 29.0 Å². The Hall–Kier alpha value is -4.78. The molecule has 0 saturated heterocycles. The van der Waals surface area contributed by atoms with Gasteiger partial charge in [0.2, 0.25) is 11.8 Å². The molecular formula is C24H19FN6O3. The number of methoxy groups -OCH3 is 2. The molecule has 4 N–H and O–H groups in total. The molecule has 2 aromatic heterocycles. The summed E-state index contributed by atoms with van der Waals surface area (Å²) < 4.78 is 30.2. The lowest BCUT2D eigenvalue weighted by atomic mass is 9.82. The van der Waals surface area contributed by atoms with Crippen molar-refractivity contribution in [2.24, 2.45) is 5.73 Å². The highest BCUT2D eigenvalue weighted by Crippen LogP contribution is 2.49. The van der Waals surface area contributed by atoms with Gasteiger partial charge in [-0.15, -0.1) is 5.10 Å². The highest BCUT2D eigenvalue weighted by Gasteiger charge is 2.38. The Morgan fingerprint density at radius 1 is 1.09 bits per heavy atom. The number of benzene rings is 2. The molecule has 0 bridgehead atoms. The van der Waals surface area contributed by atoms with E-state index in [0.717, 1.165) is 0 Å². The van der Waals surface area contributed by atoms with Crippen molar-refractivity contribution >= 4 is 0 Å². The van der Waals surface area contributed by atoms with Gasteiger partial charge in [0.25, 0.3) is 0 Å². The fraction of sp³-hybridized carbons (Fsp3) is 0.125. The molecule has 0 fully saturated rings. The first-order valence-corrected chi connectivity index (χ1v) is 10.2. The lowest BCUT2D eigenvalue weighted by Gasteiger charge is -2.24. The van der Waals surface area contributed by atoms with Crippen molar-refractivity contribution in [3.8, 4) is 46.0 Å². The van der Waals surface area contributed by atoms with Crippen molar-refractivity contribution in [2.75, 3.05) is 14.2 Å². The number of hydrogen-bond donors (Lipinski definition) is 3. The molecule has 170 valence electrons. The fourth-order valence-corrected chi connectivity index (χ4v) is 4.13. The summed E-state index contributed by atoms with van der Waals surface area (Å²) in [5.41, 5.74) is 10.1. The lowest BCUT2D eigenvalue weighted by molar-refractivity contribution is 0.379. The number of nitrogens with zero attached hydrogens (tertiary/aromatic N) is 3. The van der Waals surface area contributed by atoms with Crippen LogP contribution in [0.1, 0.15) is 17.0 Å². The van der Waals surface area contributed by atoms with E-state index in [1.54, 1.807) is 50.7 Å². The minimum atomic E-state index is -0.669. The predicted octanol–water partition coefficient (Wildman–Crippen LogP) is 3.84. The van der Waals surface area contributed by atoms with Crippen molar-refractivity contribution in [3.05, 3.63) is 77.1 Å². The summed E-state index contributed by atoms with van der Waals surface area (Å²) in [7, 11) is 3.13. The number of nitrogens with one attached hydrogen (secondary N) is 2. The van der Waals surface area contributed by atoms with Gasteiger partial charge >= 0.3 is 0 Å². The van der Waals surface area contributed by atoms with Crippen LogP contribution < -0.4 is 19.9 Å². The van der Waals surface area contributed by atoms with Crippen molar-refractivity contribution in [3.63, 3.8) is 0 Å². The van der Waals surface area contributed by atoms with Gasteiger partial charge in [-0.05, 0) is 42.5 Å². The van der Waals surface area contributed by atoms with E-state index in [9.17, 15) is 9.65 Å². The number of nitrogens with two attached hydrogens (primary N) is 1. The van der Waals surface area contributed by atoms with E-state index in [2.05, 4.69) is 26.5 Å². The first-order chi connectivity index (χ1) is 16.5. The minimum Gasteiger partial charge on any atom is -0.497 e. The third kappa shape index (κ3) is 3.31. The number of fused-ring (bicyclic) bond motifs is 1. The van der Waals surface area contributed by atoms with Crippen LogP contribution in [0.15, 0.2) is 60.1 Å². The molecule has 0 aliphatic carbocycles. The molecule has 10 heteroatoms. The van der Waals surface area contributed by atoms with Crippen molar-refractivity contribution in [1.82, 2.24) is 20.4 Å². The van der Waals surface area contributed by atoms with E-state index in [4.69, 9.17) is 19.9 Å². The maximum absolute atomic E-state index is 13.5. The summed E-state index contributed by atoms with van der Waals surface area (Å²) in [4.78, 5) is 0. The second-order valence-electron chi connectivity index (χ2n) is 7.52. The maximum atomic E-state index is 13.5. The number of hydrogen-bond acceptors (Lipinski definition) is 7. The summed E-state index contributed by atoms with van der Waals surface area (Å²) in [6.07, 6.45) is 1.61. The van der Waals surface area contributed by atoms with E-state index in [-0.39, 0.29) is 23.2 Å². The molecule has 5 rings (SSSR count). The molecule has 1 aliphatic heterocycles. The maximum Gasteiger partial charge on any atom is 0.244 e. The largest absolute Gasteiger partial charge is 0.497 e. The highest BCUT2D eigenvalue weighted by atomic mass is 19.1. The first kappa shape index (κ1) is 21.1. The smallest absolute Gasteiger partial charge is 0.244 e. The summed E-state index contributed by atoms with van der Waals surface area (Å²) in [5, 5.41) is 24.5. The molecule has 1 aliphatic rings. The zero-order valence-electron chi connectivity index (χ0n) is 18.2. The third-order valence-corrected chi connectivity index (χ3v) is 5.73.